The first kappa shape index (κ1) is 11.9. The molecule has 6 nitrogen and oxygen atoms in total. The second-order valence-corrected chi connectivity index (χ2v) is 3.37. The molecule has 1 aromatic heterocycles. The third kappa shape index (κ3) is 2.66. The van der Waals surface area contributed by atoms with Gasteiger partial charge in [0, 0.05) is 0 Å². The first-order valence-electron chi connectivity index (χ1n) is 4.63. The molecule has 1 aromatic rings. The molecule has 1 aliphatic rings. The van der Waals surface area contributed by atoms with E-state index in [2.05, 4.69) is 15.6 Å². The Morgan fingerprint density at radius 1 is 1.53 bits per heavy atom. The number of hydrogen-bond donors (Lipinski definition) is 2. The van der Waals surface area contributed by atoms with E-state index in [4.69, 9.17) is 5.11 Å². The van der Waals surface area contributed by atoms with Crippen LogP contribution in [-0.2, 0) is 0 Å². The summed E-state index contributed by atoms with van der Waals surface area (Å²) in [5.41, 5.74) is 0.0172. The molecule has 7 heteroatoms. The molecule has 0 saturated carbocycles. The molecule has 2 rings (SSSR count). The lowest BCUT2D eigenvalue weighted by atomic mass is 10.1. The number of nitrogens with zero attached hydrogens (tertiary/aromatic N) is 3. The van der Waals surface area contributed by atoms with Crippen molar-refractivity contribution >= 4 is 18.4 Å². The van der Waals surface area contributed by atoms with Crippen LogP contribution in [0.1, 0.15) is 29.4 Å². The first-order valence-corrected chi connectivity index (χ1v) is 4.63. The maximum Gasteiger partial charge on any atom is 0.358 e. The number of nitrogens with one attached hydrogen (secondary N) is 1. The van der Waals surface area contributed by atoms with Gasteiger partial charge in [0.15, 0.2) is 5.69 Å². The number of aromatic nitrogens is 3. The Hall–Kier alpha value is -1.14. The molecule has 1 fully saturated rings. The molecule has 15 heavy (non-hydrogen) atoms. The molecule has 0 radical (unpaired) electrons. The number of rotatable bonds is 2. The van der Waals surface area contributed by atoms with E-state index < -0.39 is 5.97 Å². The van der Waals surface area contributed by atoms with Gasteiger partial charge in [-0.1, -0.05) is 5.21 Å². The Kier molecular flexibility index (Phi) is 4.05. The molecule has 1 saturated heterocycles. The van der Waals surface area contributed by atoms with E-state index in [1.807, 2.05) is 0 Å². The van der Waals surface area contributed by atoms with Gasteiger partial charge in [-0.25, -0.2) is 9.48 Å². The first-order chi connectivity index (χ1) is 6.77. The molecule has 0 spiro atoms. The zero-order chi connectivity index (χ0) is 9.97. The number of carboxylic acids is 1. The van der Waals surface area contributed by atoms with Gasteiger partial charge in [0.05, 0.1) is 12.2 Å². The van der Waals surface area contributed by atoms with E-state index in [-0.39, 0.29) is 24.1 Å². The maximum atomic E-state index is 10.6. The number of carboxylic acid groups (broad SMARTS) is 1. The smallest absolute Gasteiger partial charge is 0.358 e. The quantitative estimate of drug-likeness (QED) is 0.768. The molecule has 0 bridgehead atoms. The fraction of sp³-hybridized carbons (Fsp3) is 0.625. The van der Waals surface area contributed by atoms with Crippen molar-refractivity contribution in [2.45, 2.75) is 18.9 Å². The SMILES string of the molecule is Cl.O=C(O)c1cn(C2CCNCC2)nn1. The zero-order valence-corrected chi connectivity index (χ0v) is 8.90. The van der Waals surface area contributed by atoms with E-state index >= 15 is 0 Å². The summed E-state index contributed by atoms with van der Waals surface area (Å²) in [6, 6.07) is 0.289. The van der Waals surface area contributed by atoms with Crippen LogP contribution in [0.5, 0.6) is 0 Å². The van der Waals surface area contributed by atoms with Crippen molar-refractivity contribution in [2.75, 3.05) is 13.1 Å². The topological polar surface area (TPSA) is 80.0 Å². The minimum absolute atomic E-state index is 0. The van der Waals surface area contributed by atoms with E-state index in [1.165, 1.54) is 6.20 Å². The molecule has 0 atom stereocenters. The number of aromatic carboxylic acids is 1. The highest BCUT2D eigenvalue weighted by atomic mass is 35.5. The van der Waals surface area contributed by atoms with Crippen LogP contribution in [0.3, 0.4) is 0 Å². The number of halogens is 1. The highest BCUT2D eigenvalue weighted by molar-refractivity contribution is 5.85. The summed E-state index contributed by atoms with van der Waals surface area (Å²) >= 11 is 0. The summed E-state index contributed by atoms with van der Waals surface area (Å²) in [6.45, 7) is 1.90. The van der Waals surface area contributed by atoms with Gasteiger partial charge in [-0.15, -0.1) is 17.5 Å². The molecule has 0 unspecified atom stereocenters. The number of piperidine rings is 1. The van der Waals surface area contributed by atoms with E-state index in [1.54, 1.807) is 4.68 Å². The number of carbonyl (C=O) groups is 1. The highest BCUT2D eigenvalue weighted by Gasteiger charge is 2.17. The minimum atomic E-state index is -1.02. The predicted octanol–water partition coefficient (Wildman–Crippen LogP) is 0.323. The molecular weight excluding hydrogens is 220 g/mol. The van der Waals surface area contributed by atoms with Crippen LogP contribution in [0.25, 0.3) is 0 Å². The molecule has 84 valence electrons. The maximum absolute atomic E-state index is 10.6. The zero-order valence-electron chi connectivity index (χ0n) is 8.09. The molecule has 1 aliphatic heterocycles. The lowest BCUT2D eigenvalue weighted by Gasteiger charge is -2.21. The van der Waals surface area contributed by atoms with Crippen LogP contribution < -0.4 is 5.32 Å². The summed E-state index contributed by atoms with van der Waals surface area (Å²) in [5.74, 6) is -1.02. The second-order valence-electron chi connectivity index (χ2n) is 3.37. The third-order valence-corrected chi connectivity index (χ3v) is 2.41. The Morgan fingerprint density at radius 3 is 2.73 bits per heavy atom. The van der Waals surface area contributed by atoms with Gasteiger partial charge in [-0.05, 0) is 25.9 Å². The van der Waals surface area contributed by atoms with Crippen molar-refractivity contribution in [3.05, 3.63) is 11.9 Å². The van der Waals surface area contributed by atoms with Crippen molar-refractivity contribution in [2.24, 2.45) is 0 Å². The molecule has 0 amide bonds. The fourth-order valence-electron chi connectivity index (χ4n) is 1.62. The molecular formula is C8H13ClN4O2. The van der Waals surface area contributed by atoms with Crippen LogP contribution in [0.2, 0.25) is 0 Å². The summed E-state index contributed by atoms with van der Waals surface area (Å²) in [5, 5.41) is 19.3. The van der Waals surface area contributed by atoms with Gasteiger partial charge < -0.3 is 10.4 Å². The van der Waals surface area contributed by atoms with E-state index in [0.717, 1.165) is 25.9 Å². The largest absolute Gasteiger partial charge is 0.476 e. The normalized spacial score (nSPS) is 17.1. The van der Waals surface area contributed by atoms with Crippen molar-refractivity contribution < 1.29 is 9.90 Å². The lowest BCUT2D eigenvalue weighted by Crippen LogP contribution is -2.29. The van der Waals surface area contributed by atoms with Gasteiger partial charge in [-0.2, -0.15) is 0 Å². The summed E-state index contributed by atoms with van der Waals surface area (Å²) in [4.78, 5) is 10.6. The summed E-state index contributed by atoms with van der Waals surface area (Å²) in [7, 11) is 0. The average molecular weight is 233 g/mol. The molecule has 0 aliphatic carbocycles. The Balaban J connectivity index is 0.00000112. The van der Waals surface area contributed by atoms with Gasteiger partial charge in [0.1, 0.15) is 0 Å². The van der Waals surface area contributed by atoms with Crippen molar-refractivity contribution in [1.82, 2.24) is 20.3 Å². The Bertz CT molecular complexity index is 335. The molecule has 2 N–H and O–H groups in total. The van der Waals surface area contributed by atoms with Crippen molar-refractivity contribution in [1.29, 1.82) is 0 Å². The van der Waals surface area contributed by atoms with Crippen molar-refractivity contribution in [3.8, 4) is 0 Å². The van der Waals surface area contributed by atoms with Crippen LogP contribution in [0.15, 0.2) is 6.20 Å². The summed E-state index contributed by atoms with van der Waals surface area (Å²) in [6.07, 6.45) is 3.45. The number of hydrogen-bond acceptors (Lipinski definition) is 4. The van der Waals surface area contributed by atoms with Gasteiger partial charge in [0.25, 0.3) is 0 Å². The van der Waals surface area contributed by atoms with Gasteiger partial charge >= 0.3 is 5.97 Å². The van der Waals surface area contributed by atoms with E-state index in [0.29, 0.717) is 0 Å². The van der Waals surface area contributed by atoms with Crippen LogP contribution in [0.4, 0.5) is 0 Å². The van der Waals surface area contributed by atoms with Crippen LogP contribution in [-0.4, -0.2) is 39.2 Å². The fourth-order valence-corrected chi connectivity index (χ4v) is 1.62. The minimum Gasteiger partial charge on any atom is -0.476 e. The monoisotopic (exact) mass is 232 g/mol. The Labute approximate surface area is 93.1 Å². The van der Waals surface area contributed by atoms with Crippen LogP contribution >= 0.6 is 12.4 Å². The van der Waals surface area contributed by atoms with Gasteiger partial charge in [-0.3, -0.25) is 0 Å². The third-order valence-electron chi connectivity index (χ3n) is 2.41. The van der Waals surface area contributed by atoms with E-state index in [9.17, 15) is 4.79 Å². The standard InChI is InChI=1S/C8H12N4O2.ClH/c13-8(14)7-5-12(11-10-7)6-1-3-9-4-2-6;/h5-6,9H,1-4H2,(H,13,14);1H. The second kappa shape index (κ2) is 5.09. The average Bonchev–Trinajstić information content (AvgIpc) is 2.68. The summed E-state index contributed by atoms with van der Waals surface area (Å²) < 4.78 is 1.66. The van der Waals surface area contributed by atoms with Crippen molar-refractivity contribution in [3.63, 3.8) is 0 Å². The lowest BCUT2D eigenvalue weighted by molar-refractivity contribution is 0.0690. The highest BCUT2D eigenvalue weighted by Crippen LogP contribution is 2.16. The molecule has 2 heterocycles. The van der Waals surface area contributed by atoms with Crippen LogP contribution in [0, 0.1) is 0 Å². The predicted molar refractivity (Wildman–Crippen MR) is 55.4 cm³/mol. The Morgan fingerprint density at radius 2 is 2.20 bits per heavy atom. The van der Waals surface area contributed by atoms with Gasteiger partial charge in [0.2, 0.25) is 0 Å². The molecule has 0 aromatic carbocycles.